The van der Waals surface area contributed by atoms with Crippen LogP contribution in [0.15, 0.2) is 24.3 Å². The van der Waals surface area contributed by atoms with Gasteiger partial charge < -0.3 is 4.90 Å². The van der Waals surface area contributed by atoms with Gasteiger partial charge in [0.15, 0.2) is 9.84 Å². The summed E-state index contributed by atoms with van der Waals surface area (Å²) in [5, 5.41) is 0.688. The van der Waals surface area contributed by atoms with Gasteiger partial charge in [0, 0.05) is 23.9 Å². The summed E-state index contributed by atoms with van der Waals surface area (Å²) in [5.74, 6) is 1.31. The number of benzene rings is 1. The van der Waals surface area contributed by atoms with E-state index in [1.54, 1.807) is 11.9 Å². The first-order chi connectivity index (χ1) is 9.87. The van der Waals surface area contributed by atoms with E-state index in [1.807, 2.05) is 24.3 Å². The van der Waals surface area contributed by atoms with Crippen molar-refractivity contribution in [3.05, 3.63) is 34.9 Å². The third-order valence-corrected chi connectivity index (χ3v) is 6.51. The Balaban J connectivity index is 1.79. The van der Waals surface area contributed by atoms with E-state index >= 15 is 0 Å². The number of carbonyl (C=O) groups excluding carboxylic acids is 1. The maximum absolute atomic E-state index is 12.1. The third kappa shape index (κ3) is 4.90. The number of nitrogens with zero attached hydrogens (tertiary/aromatic N) is 1. The Morgan fingerprint density at radius 3 is 2.86 bits per heavy atom. The number of carbonyl (C=O) groups is 1. The Morgan fingerprint density at radius 2 is 2.24 bits per heavy atom. The molecular formula is C14H18ClNO3S2. The summed E-state index contributed by atoms with van der Waals surface area (Å²) in [6, 6.07) is 7.38. The lowest BCUT2D eigenvalue weighted by molar-refractivity contribution is -0.128. The summed E-state index contributed by atoms with van der Waals surface area (Å²) in [5.41, 5.74) is 1.08. The molecule has 0 saturated carbocycles. The van der Waals surface area contributed by atoms with E-state index < -0.39 is 9.84 Å². The zero-order valence-corrected chi connectivity index (χ0v) is 14.2. The molecule has 0 radical (unpaired) electrons. The van der Waals surface area contributed by atoms with Gasteiger partial charge >= 0.3 is 0 Å². The summed E-state index contributed by atoms with van der Waals surface area (Å²) in [4.78, 5) is 13.7. The van der Waals surface area contributed by atoms with Crippen LogP contribution in [0, 0.1) is 0 Å². The van der Waals surface area contributed by atoms with E-state index in [-0.39, 0.29) is 23.5 Å². The quantitative estimate of drug-likeness (QED) is 0.819. The zero-order chi connectivity index (χ0) is 15.5. The van der Waals surface area contributed by atoms with E-state index in [9.17, 15) is 13.2 Å². The SMILES string of the molecule is CN(C(=O)CSCc1cccc(Cl)c1)[C@H]1CCS(=O)(=O)C1. The van der Waals surface area contributed by atoms with E-state index in [0.29, 0.717) is 22.9 Å². The summed E-state index contributed by atoms with van der Waals surface area (Å²) in [6.07, 6.45) is 0.545. The van der Waals surface area contributed by atoms with Crippen molar-refractivity contribution in [2.75, 3.05) is 24.3 Å². The monoisotopic (exact) mass is 347 g/mol. The second kappa shape index (κ2) is 7.03. The number of sulfone groups is 1. The molecule has 1 aliphatic heterocycles. The lowest BCUT2D eigenvalue weighted by atomic mass is 10.2. The molecule has 7 heteroatoms. The molecule has 4 nitrogen and oxygen atoms in total. The van der Waals surface area contributed by atoms with Crippen molar-refractivity contribution in [3.63, 3.8) is 0 Å². The predicted molar refractivity (Wildman–Crippen MR) is 87.4 cm³/mol. The second-order valence-electron chi connectivity index (χ2n) is 5.18. The Hall–Kier alpha value is -0.720. The maximum atomic E-state index is 12.1. The van der Waals surface area contributed by atoms with Gasteiger partial charge in [0.25, 0.3) is 0 Å². The highest BCUT2D eigenvalue weighted by molar-refractivity contribution is 7.99. The fourth-order valence-electron chi connectivity index (χ4n) is 2.27. The van der Waals surface area contributed by atoms with E-state index in [2.05, 4.69) is 0 Å². The van der Waals surface area contributed by atoms with Gasteiger partial charge in [-0.05, 0) is 24.1 Å². The fraction of sp³-hybridized carbons (Fsp3) is 0.500. The first kappa shape index (κ1) is 16.6. The van der Waals surface area contributed by atoms with Crippen LogP contribution >= 0.6 is 23.4 Å². The van der Waals surface area contributed by atoms with Gasteiger partial charge in [-0.3, -0.25) is 4.79 Å². The largest absolute Gasteiger partial charge is 0.341 e. The lowest BCUT2D eigenvalue weighted by Gasteiger charge is -2.23. The van der Waals surface area contributed by atoms with Crippen molar-refractivity contribution < 1.29 is 13.2 Å². The molecule has 1 heterocycles. The lowest BCUT2D eigenvalue weighted by Crippen LogP contribution is -2.38. The molecular weight excluding hydrogens is 330 g/mol. The van der Waals surface area contributed by atoms with Crippen molar-refractivity contribution in [1.29, 1.82) is 0 Å². The first-order valence-corrected chi connectivity index (χ1v) is 10.0. The molecule has 116 valence electrons. The van der Waals surface area contributed by atoms with Crippen molar-refractivity contribution in [3.8, 4) is 0 Å². The normalized spacial score (nSPS) is 20.4. The molecule has 1 aromatic rings. The third-order valence-electron chi connectivity index (χ3n) is 3.53. The van der Waals surface area contributed by atoms with Crippen molar-refractivity contribution in [1.82, 2.24) is 4.90 Å². The number of hydrogen-bond donors (Lipinski definition) is 0. The molecule has 0 bridgehead atoms. The maximum Gasteiger partial charge on any atom is 0.232 e. The molecule has 1 aliphatic rings. The Morgan fingerprint density at radius 1 is 1.48 bits per heavy atom. The molecule has 1 atom stereocenters. The molecule has 0 N–H and O–H groups in total. The predicted octanol–water partition coefficient (Wildman–Crippen LogP) is 2.22. The highest BCUT2D eigenvalue weighted by atomic mass is 35.5. The fourth-order valence-corrected chi connectivity index (χ4v) is 5.15. The smallest absolute Gasteiger partial charge is 0.232 e. The molecule has 1 amide bonds. The number of halogens is 1. The molecule has 1 aromatic carbocycles. The minimum Gasteiger partial charge on any atom is -0.341 e. The van der Waals surface area contributed by atoms with Gasteiger partial charge in [-0.1, -0.05) is 23.7 Å². The van der Waals surface area contributed by atoms with Crippen LogP contribution in [-0.4, -0.2) is 49.6 Å². The number of hydrogen-bond acceptors (Lipinski definition) is 4. The van der Waals surface area contributed by atoms with Crippen LogP contribution in [0.25, 0.3) is 0 Å². The van der Waals surface area contributed by atoms with Gasteiger partial charge in [0.05, 0.1) is 17.3 Å². The van der Waals surface area contributed by atoms with Crippen LogP contribution < -0.4 is 0 Å². The van der Waals surface area contributed by atoms with Crippen LogP contribution in [-0.2, 0) is 20.4 Å². The number of amides is 1. The topological polar surface area (TPSA) is 54.5 Å². The molecule has 0 spiro atoms. The second-order valence-corrected chi connectivity index (χ2v) is 8.83. The molecule has 21 heavy (non-hydrogen) atoms. The summed E-state index contributed by atoms with van der Waals surface area (Å²) < 4.78 is 22.9. The highest BCUT2D eigenvalue weighted by Crippen LogP contribution is 2.19. The highest BCUT2D eigenvalue weighted by Gasteiger charge is 2.32. The van der Waals surface area contributed by atoms with Crippen LogP contribution in [0.4, 0.5) is 0 Å². The van der Waals surface area contributed by atoms with E-state index in [4.69, 9.17) is 11.6 Å². The summed E-state index contributed by atoms with van der Waals surface area (Å²) >= 11 is 7.42. The molecule has 0 aliphatic carbocycles. The van der Waals surface area contributed by atoms with Crippen molar-refractivity contribution in [2.45, 2.75) is 18.2 Å². The van der Waals surface area contributed by atoms with Crippen LogP contribution in [0.1, 0.15) is 12.0 Å². The number of rotatable bonds is 5. The van der Waals surface area contributed by atoms with E-state index in [1.165, 1.54) is 11.8 Å². The van der Waals surface area contributed by atoms with Crippen LogP contribution in [0.2, 0.25) is 5.02 Å². The zero-order valence-electron chi connectivity index (χ0n) is 11.8. The molecule has 2 rings (SSSR count). The Bertz CT molecular complexity index is 618. The van der Waals surface area contributed by atoms with Gasteiger partial charge in [0.1, 0.15) is 0 Å². The standard InChI is InChI=1S/C14H18ClNO3S2/c1-16(13-5-6-21(18,19)10-13)14(17)9-20-8-11-3-2-4-12(15)7-11/h2-4,7,13H,5-6,8-10H2,1H3/t13-/m0/s1. The van der Waals surface area contributed by atoms with Gasteiger partial charge in [0.2, 0.25) is 5.91 Å². The van der Waals surface area contributed by atoms with Crippen LogP contribution in [0.3, 0.4) is 0 Å². The first-order valence-electron chi connectivity index (χ1n) is 6.66. The average molecular weight is 348 g/mol. The average Bonchev–Trinajstić information content (AvgIpc) is 2.78. The molecule has 0 aromatic heterocycles. The van der Waals surface area contributed by atoms with Gasteiger partial charge in [-0.15, -0.1) is 11.8 Å². The Kier molecular flexibility index (Phi) is 5.57. The summed E-state index contributed by atoms with van der Waals surface area (Å²) in [7, 11) is -1.27. The molecule has 1 saturated heterocycles. The Labute approximate surface area is 134 Å². The minimum atomic E-state index is -2.96. The minimum absolute atomic E-state index is 0.0240. The van der Waals surface area contributed by atoms with E-state index in [0.717, 1.165) is 5.56 Å². The van der Waals surface area contributed by atoms with Crippen LogP contribution in [0.5, 0.6) is 0 Å². The summed E-state index contributed by atoms with van der Waals surface area (Å²) in [6.45, 7) is 0. The van der Waals surface area contributed by atoms with Gasteiger partial charge in [-0.2, -0.15) is 0 Å². The van der Waals surface area contributed by atoms with Crippen molar-refractivity contribution >= 4 is 39.1 Å². The molecule has 0 unspecified atom stereocenters. The van der Waals surface area contributed by atoms with Gasteiger partial charge in [-0.25, -0.2) is 8.42 Å². The number of thioether (sulfide) groups is 1. The molecule has 1 fully saturated rings. The van der Waals surface area contributed by atoms with Crippen molar-refractivity contribution in [2.24, 2.45) is 0 Å².